The number of H-pyrrole nitrogens is 1. The molecule has 1 N–H and O–H groups in total. The zero-order valence-corrected chi connectivity index (χ0v) is 20.8. The average Bonchev–Trinajstić information content (AvgIpc) is 3.25. The second-order valence-electron chi connectivity index (χ2n) is 10.0. The van der Waals surface area contributed by atoms with Gasteiger partial charge in [-0.3, -0.25) is 19.4 Å². The summed E-state index contributed by atoms with van der Waals surface area (Å²) >= 11 is 1.52. The number of likely N-dealkylation sites (tertiary alicyclic amines) is 1. The number of rotatable bonds is 5. The van der Waals surface area contributed by atoms with Crippen LogP contribution >= 0.6 is 11.3 Å². The summed E-state index contributed by atoms with van der Waals surface area (Å²) in [6.07, 6.45) is 1.21. The van der Waals surface area contributed by atoms with Crippen LogP contribution in [0.1, 0.15) is 26.1 Å². The number of hydrogen-bond donors (Lipinski definition) is 1. The molecule has 0 radical (unpaired) electrons. The quantitative estimate of drug-likeness (QED) is 0.608. The first-order valence-electron chi connectivity index (χ1n) is 12.2. The maximum atomic E-state index is 12.9. The molecule has 5 rings (SSSR count). The summed E-state index contributed by atoms with van der Waals surface area (Å²) in [4.78, 5) is 40.9. The van der Waals surface area contributed by atoms with Crippen LogP contribution in [-0.2, 0) is 11.3 Å². The predicted molar refractivity (Wildman–Crippen MR) is 137 cm³/mol. The van der Waals surface area contributed by atoms with Gasteiger partial charge in [0.25, 0.3) is 5.56 Å². The minimum absolute atomic E-state index is 0.0747. The molecule has 4 heterocycles. The van der Waals surface area contributed by atoms with E-state index < -0.39 is 0 Å². The van der Waals surface area contributed by atoms with Crippen molar-refractivity contribution in [3.63, 3.8) is 0 Å². The van der Waals surface area contributed by atoms with Crippen molar-refractivity contribution >= 4 is 27.5 Å². The Balaban J connectivity index is 1.18. The van der Waals surface area contributed by atoms with E-state index in [0.29, 0.717) is 36.1 Å². The van der Waals surface area contributed by atoms with Gasteiger partial charge < -0.3 is 9.88 Å². The number of piperidine rings is 1. The van der Waals surface area contributed by atoms with Gasteiger partial charge in [0, 0.05) is 50.2 Å². The van der Waals surface area contributed by atoms with E-state index in [1.807, 2.05) is 35.7 Å². The van der Waals surface area contributed by atoms with Crippen molar-refractivity contribution < 1.29 is 4.79 Å². The molecule has 3 aromatic rings. The van der Waals surface area contributed by atoms with E-state index in [9.17, 15) is 9.59 Å². The molecule has 180 valence electrons. The number of nitrogens with zero attached hydrogens (tertiary/aromatic N) is 4. The number of aromatic amines is 1. The molecule has 2 saturated heterocycles. The molecule has 0 aliphatic carbocycles. The molecule has 0 bridgehead atoms. The van der Waals surface area contributed by atoms with E-state index >= 15 is 0 Å². The Morgan fingerprint density at radius 3 is 2.44 bits per heavy atom. The Morgan fingerprint density at radius 2 is 1.74 bits per heavy atom. The summed E-state index contributed by atoms with van der Waals surface area (Å²) in [6.45, 7) is 10.8. The Hall–Kier alpha value is -2.55. The lowest BCUT2D eigenvalue weighted by Crippen LogP contribution is -2.51. The number of amides is 1. The zero-order chi connectivity index (χ0) is 23.7. The van der Waals surface area contributed by atoms with E-state index in [-0.39, 0.29) is 11.5 Å². The molecular weight excluding hydrogens is 446 g/mol. The Bertz CT molecular complexity index is 1190. The lowest BCUT2D eigenvalue weighted by Gasteiger charge is -2.38. The normalized spacial score (nSPS) is 22.4. The van der Waals surface area contributed by atoms with E-state index in [4.69, 9.17) is 4.98 Å². The highest BCUT2D eigenvalue weighted by atomic mass is 32.1. The van der Waals surface area contributed by atoms with E-state index in [1.54, 1.807) is 0 Å². The average molecular weight is 480 g/mol. The fraction of sp³-hybridized carbons (Fsp3) is 0.500. The minimum atomic E-state index is -0.0747. The van der Waals surface area contributed by atoms with Gasteiger partial charge in [-0.25, -0.2) is 4.98 Å². The molecule has 0 unspecified atom stereocenters. The largest absolute Gasteiger partial charge is 0.341 e. The van der Waals surface area contributed by atoms with Gasteiger partial charge in [0.1, 0.15) is 10.7 Å². The Labute approximate surface area is 204 Å². The molecule has 7 nitrogen and oxygen atoms in total. The molecule has 2 fully saturated rings. The number of carbonyl (C=O) groups excluding carboxylic acids is 1. The first kappa shape index (κ1) is 23.2. The second-order valence-corrected chi connectivity index (χ2v) is 10.9. The molecule has 2 aliphatic heterocycles. The highest BCUT2D eigenvalue weighted by Gasteiger charge is 2.27. The smallest absolute Gasteiger partial charge is 0.260 e. The van der Waals surface area contributed by atoms with Gasteiger partial charge in [0.2, 0.25) is 5.91 Å². The highest BCUT2D eigenvalue weighted by molar-refractivity contribution is 7.17. The standard InChI is InChI=1S/C26H33N5O2S/c1-18-12-19(2)14-31(13-18)23(32)16-30-10-8-29(9-11-30)15-22-27-25(33)24-21(17-34-26(24)28-22)20-6-4-3-5-7-20/h3-7,17-19H,8-16H2,1-2H3,(H,27,28,33)/t18-,19+. The van der Waals surface area contributed by atoms with E-state index in [0.717, 1.165) is 55.2 Å². The van der Waals surface area contributed by atoms with Gasteiger partial charge in [0.05, 0.1) is 18.5 Å². The maximum Gasteiger partial charge on any atom is 0.260 e. The summed E-state index contributed by atoms with van der Waals surface area (Å²) in [5.74, 6) is 2.14. The predicted octanol–water partition coefficient (Wildman–Crippen LogP) is 3.27. The Morgan fingerprint density at radius 1 is 1.06 bits per heavy atom. The van der Waals surface area contributed by atoms with E-state index in [1.165, 1.54) is 17.8 Å². The molecule has 34 heavy (non-hydrogen) atoms. The highest BCUT2D eigenvalue weighted by Crippen LogP contribution is 2.30. The van der Waals surface area contributed by atoms with Crippen LogP contribution < -0.4 is 5.56 Å². The van der Waals surface area contributed by atoms with Gasteiger partial charge in [-0.1, -0.05) is 44.2 Å². The molecule has 2 aromatic heterocycles. The van der Waals surface area contributed by atoms with Crippen molar-refractivity contribution in [2.24, 2.45) is 11.8 Å². The van der Waals surface area contributed by atoms with Gasteiger partial charge >= 0.3 is 0 Å². The zero-order valence-electron chi connectivity index (χ0n) is 20.0. The van der Waals surface area contributed by atoms with Crippen molar-refractivity contribution in [1.82, 2.24) is 24.7 Å². The molecule has 0 saturated carbocycles. The van der Waals surface area contributed by atoms with Crippen LogP contribution in [0.3, 0.4) is 0 Å². The van der Waals surface area contributed by atoms with Crippen molar-refractivity contribution in [2.75, 3.05) is 45.8 Å². The van der Waals surface area contributed by atoms with Crippen molar-refractivity contribution in [1.29, 1.82) is 0 Å². The third-order valence-corrected chi connectivity index (χ3v) is 7.87. The SMILES string of the molecule is C[C@@H]1C[C@H](C)CN(C(=O)CN2CCN(Cc3nc4scc(-c5ccccc5)c4c(=O)[nH]3)CC2)C1. The van der Waals surface area contributed by atoms with Gasteiger partial charge in [-0.05, 0) is 23.8 Å². The molecule has 8 heteroatoms. The third-order valence-electron chi connectivity index (χ3n) is 7.00. The second kappa shape index (κ2) is 9.98. The van der Waals surface area contributed by atoms with Crippen LogP contribution in [0.2, 0.25) is 0 Å². The number of nitrogens with one attached hydrogen (secondary N) is 1. The lowest BCUT2D eigenvalue weighted by molar-refractivity contribution is -0.135. The number of aromatic nitrogens is 2. The van der Waals surface area contributed by atoms with E-state index in [2.05, 4.69) is 33.5 Å². The number of piperazine rings is 1. The first-order valence-corrected chi connectivity index (χ1v) is 13.1. The number of fused-ring (bicyclic) bond motifs is 1. The van der Waals surface area contributed by atoms with Crippen molar-refractivity contribution in [3.05, 3.63) is 51.9 Å². The van der Waals surface area contributed by atoms with Crippen molar-refractivity contribution in [2.45, 2.75) is 26.8 Å². The van der Waals surface area contributed by atoms with Crippen LogP contribution in [0.5, 0.6) is 0 Å². The molecular formula is C26H33N5O2S. The molecule has 0 spiro atoms. The van der Waals surface area contributed by atoms with Gasteiger partial charge in [-0.2, -0.15) is 0 Å². The van der Waals surface area contributed by atoms with Crippen LogP contribution in [0.4, 0.5) is 0 Å². The number of carbonyl (C=O) groups is 1. The molecule has 2 aliphatic rings. The van der Waals surface area contributed by atoms with Crippen LogP contribution in [0.15, 0.2) is 40.5 Å². The maximum absolute atomic E-state index is 12.9. The Kier molecular flexibility index (Phi) is 6.81. The number of benzene rings is 1. The topological polar surface area (TPSA) is 72.5 Å². The monoisotopic (exact) mass is 479 g/mol. The molecule has 2 atom stereocenters. The summed E-state index contributed by atoms with van der Waals surface area (Å²) in [7, 11) is 0. The van der Waals surface area contributed by atoms with Gasteiger partial charge in [0.15, 0.2) is 0 Å². The number of thiophene rings is 1. The lowest BCUT2D eigenvalue weighted by atomic mass is 9.92. The fourth-order valence-corrected chi connectivity index (χ4v) is 6.34. The van der Waals surface area contributed by atoms with Gasteiger partial charge in [-0.15, -0.1) is 11.3 Å². The summed E-state index contributed by atoms with van der Waals surface area (Å²) in [6, 6.07) is 9.98. The molecule has 1 amide bonds. The van der Waals surface area contributed by atoms with Crippen LogP contribution in [0.25, 0.3) is 21.3 Å². The first-order chi connectivity index (χ1) is 16.5. The molecule has 1 aromatic carbocycles. The number of hydrogen-bond acceptors (Lipinski definition) is 6. The van der Waals surface area contributed by atoms with Crippen LogP contribution in [-0.4, -0.2) is 76.4 Å². The minimum Gasteiger partial charge on any atom is -0.341 e. The summed E-state index contributed by atoms with van der Waals surface area (Å²) in [5, 5.41) is 2.69. The summed E-state index contributed by atoms with van der Waals surface area (Å²) in [5.41, 5.74) is 1.90. The third kappa shape index (κ3) is 5.09. The van der Waals surface area contributed by atoms with Crippen LogP contribution in [0, 0.1) is 11.8 Å². The fourth-order valence-electron chi connectivity index (χ4n) is 5.37. The summed E-state index contributed by atoms with van der Waals surface area (Å²) < 4.78 is 0. The van der Waals surface area contributed by atoms with Crippen molar-refractivity contribution in [3.8, 4) is 11.1 Å².